The van der Waals surface area contributed by atoms with E-state index in [4.69, 9.17) is 11.5 Å². The third kappa shape index (κ3) is 4.67. The van der Waals surface area contributed by atoms with E-state index >= 15 is 0 Å². The van der Waals surface area contributed by atoms with Gasteiger partial charge < -0.3 is 16.8 Å². The molecule has 2 amide bonds. The molecule has 1 rings (SSSR count). The molecular weight excluding hydrogens is 249 g/mol. The zero-order valence-corrected chi connectivity index (χ0v) is 10.8. The maximum absolute atomic E-state index is 13.5. The Kier molecular flexibility index (Phi) is 5.44. The SMILES string of the molecule is CCCC(N)CC(=O)Nc1cc(C(N)=O)ccc1F. The number of benzene rings is 1. The highest BCUT2D eigenvalue weighted by Gasteiger charge is 2.12. The number of anilines is 1. The molecule has 0 aliphatic carbocycles. The fourth-order valence-corrected chi connectivity index (χ4v) is 1.69. The van der Waals surface area contributed by atoms with Crippen molar-refractivity contribution in [3.05, 3.63) is 29.6 Å². The molecule has 0 aliphatic heterocycles. The van der Waals surface area contributed by atoms with E-state index < -0.39 is 11.7 Å². The minimum atomic E-state index is -0.682. The maximum atomic E-state index is 13.5. The van der Waals surface area contributed by atoms with Gasteiger partial charge in [-0.05, 0) is 24.6 Å². The third-order valence-electron chi connectivity index (χ3n) is 2.63. The number of carbonyl (C=O) groups is 2. The molecule has 5 N–H and O–H groups in total. The Labute approximate surface area is 111 Å². The molecule has 0 saturated heterocycles. The predicted molar refractivity (Wildman–Crippen MR) is 71.0 cm³/mol. The van der Waals surface area contributed by atoms with Crippen LogP contribution in [0.25, 0.3) is 0 Å². The molecule has 0 spiro atoms. The zero-order chi connectivity index (χ0) is 14.4. The van der Waals surface area contributed by atoms with Crippen LogP contribution in [-0.2, 0) is 4.79 Å². The number of primary amides is 1. The van der Waals surface area contributed by atoms with Crippen LogP contribution in [0.3, 0.4) is 0 Å². The van der Waals surface area contributed by atoms with Gasteiger partial charge in [0.2, 0.25) is 11.8 Å². The highest BCUT2D eigenvalue weighted by atomic mass is 19.1. The molecule has 5 nitrogen and oxygen atoms in total. The number of hydrogen-bond donors (Lipinski definition) is 3. The Morgan fingerprint density at radius 2 is 2.11 bits per heavy atom. The Bertz CT molecular complexity index is 477. The van der Waals surface area contributed by atoms with E-state index in [-0.39, 0.29) is 29.6 Å². The Morgan fingerprint density at radius 1 is 1.42 bits per heavy atom. The summed E-state index contributed by atoms with van der Waals surface area (Å²) in [7, 11) is 0. The average molecular weight is 267 g/mol. The molecule has 0 aromatic heterocycles. The number of nitrogens with one attached hydrogen (secondary N) is 1. The third-order valence-corrected chi connectivity index (χ3v) is 2.63. The van der Waals surface area contributed by atoms with E-state index in [1.165, 1.54) is 12.1 Å². The van der Waals surface area contributed by atoms with Crippen molar-refractivity contribution < 1.29 is 14.0 Å². The van der Waals surface area contributed by atoms with E-state index in [0.29, 0.717) is 0 Å². The Morgan fingerprint density at radius 3 is 2.68 bits per heavy atom. The van der Waals surface area contributed by atoms with Gasteiger partial charge in [0.15, 0.2) is 0 Å². The molecule has 6 heteroatoms. The summed E-state index contributed by atoms with van der Waals surface area (Å²) < 4.78 is 13.5. The second-order valence-corrected chi connectivity index (χ2v) is 4.36. The summed E-state index contributed by atoms with van der Waals surface area (Å²) in [5, 5.41) is 2.39. The van der Waals surface area contributed by atoms with Gasteiger partial charge in [-0.15, -0.1) is 0 Å². The van der Waals surface area contributed by atoms with Crippen LogP contribution in [0.1, 0.15) is 36.5 Å². The number of carbonyl (C=O) groups excluding carboxylic acids is 2. The van der Waals surface area contributed by atoms with Crippen molar-refractivity contribution in [3.8, 4) is 0 Å². The van der Waals surface area contributed by atoms with Crippen LogP contribution in [0.5, 0.6) is 0 Å². The van der Waals surface area contributed by atoms with Crippen molar-refractivity contribution in [1.29, 1.82) is 0 Å². The van der Waals surface area contributed by atoms with Crippen LogP contribution in [0.2, 0.25) is 0 Å². The number of amides is 2. The van der Waals surface area contributed by atoms with Gasteiger partial charge in [-0.25, -0.2) is 4.39 Å². The summed E-state index contributed by atoms with van der Waals surface area (Å²) in [4.78, 5) is 22.6. The number of halogens is 1. The summed E-state index contributed by atoms with van der Waals surface area (Å²) in [6.45, 7) is 1.97. The summed E-state index contributed by atoms with van der Waals surface area (Å²) >= 11 is 0. The van der Waals surface area contributed by atoms with E-state index in [1.54, 1.807) is 0 Å². The van der Waals surface area contributed by atoms with Crippen LogP contribution in [0.4, 0.5) is 10.1 Å². The van der Waals surface area contributed by atoms with Crippen LogP contribution in [-0.4, -0.2) is 17.9 Å². The van der Waals surface area contributed by atoms with Crippen molar-refractivity contribution in [2.75, 3.05) is 5.32 Å². The lowest BCUT2D eigenvalue weighted by atomic mass is 10.1. The van der Waals surface area contributed by atoms with Gasteiger partial charge in [-0.1, -0.05) is 13.3 Å². The molecule has 1 unspecified atom stereocenters. The maximum Gasteiger partial charge on any atom is 0.248 e. The molecule has 0 radical (unpaired) electrons. The van der Waals surface area contributed by atoms with Gasteiger partial charge >= 0.3 is 0 Å². The minimum Gasteiger partial charge on any atom is -0.366 e. The van der Waals surface area contributed by atoms with E-state index in [1.807, 2.05) is 6.92 Å². The summed E-state index contributed by atoms with van der Waals surface area (Å²) in [6, 6.07) is 3.30. The predicted octanol–water partition coefficient (Wildman–Crippen LogP) is 1.38. The Balaban J connectivity index is 2.73. The zero-order valence-electron chi connectivity index (χ0n) is 10.8. The fourth-order valence-electron chi connectivity index (χ4n) is 1.69. The standard InChI is InChI=1S/C13H18FN3O2/c1-2-3-9(15)7-12(18)17-11-6-8(13(16)19)4-5-10(11)14/h4-6,9H,2-3,7,15H2,1H3,(H2,16,19)(H,17,18). The second-order valence-electron chi connectivity index (χ2n) is 4.36. The molecule has 1 atom stereocenters. The number of hydrogen-bond acceptors (Lipinski definition) is 3. The van der Waals surface area contributed by atoms with Crippen LogP contribution >= 0.6 is 0 Å². The molecule has 1 aromatic carbocycles. The van der Waals surface area contributed by atoms with Crippen LogP contribution in [0, 0.1) is 5.82 Å². The molecule has 0 aliphatic rings. The lowest BCUT2D eigenvalue weighted by Crippen LogP contribution is -2.27. The average Bonchev–Trinajstić information content (AvgIpc) is 2.31. The van der Waals surface area contributed by atoms with Gasteiger partial charge in [0.1, 0.15) is 5.82 Å². The molecule has 0 heterocycles. The quantitative estimate of drug-likeness (QED) is 0.726. The normalized spacial score (nSPS) is 11.9. The molecule has 19 heavy (non-hydrogen) atoms. The molecule has 0 fully saturated rings. The molecule has 0 bridgehead atoms. The monoisotopic (exact) mass is 267 g/mol. The van der Waals surface area contributed by atoms with Gasteiger partial charge in [-0.3, -0.25) is 9.59 Å². The lowest BCUT2D eigenvalue weighted by Gasteiger charge is -2.11. The van der Waals surface area contributed by atoms with Crippen molar-refractivity contribution in [1.82, 2.24) is 0 Å². The van der Waals surface area contributed by atoms with Gasteiger partial charge in [0.05, 0.1) is 5.69 Å². The Hall–Kier alpha value is -1.95. The van der Waals surface area contributed by atoms with Crippen molar-refractivity contribution in [2.24, 2.45) is 11.5 Å². The molecular formula is C13H18FN3O2. The highest BCUT2D eigenvalue weighted by molar-refractivity contribution is 5.96. The van der Waals surface area contributed by atoms with Crippen molar-refractivity contribution >= 4 is 17.5 Å². The smallest absolute Gasteiger partial charge is 0.248 e. The summed E-state index contributed by atoms with van der Waals surface area (Å²) in [5.41, 5.74) is 10.9. The van der Waals surface area contributed by atoms with E-state index in [9.17, 15) is 14.0 Å². The summed E-state index contributed by atoms with van der Waals surface area (Å²) in [6.07, 6.45) is 1.70. The van der Waals surface area contributed by atoms with E-state index in [2.05, 4.69) is 5.32 Å². The molecule has 0 saturated carbocycles. The highest BCUT2D eigenvalue weighted by Crippen LogP contribution is 2.16. The van der Waals surface area contributed by atoms with Gasteiger partial charge in [0, 0.05) is 18.0 Å². The van der Waals surface area contributed by atoms with Crippen molar-refractivity contribution in [3.63, 3.8) is 0 Å². The summed E-state index contributed by atoms with van der Waals surface area (Å²) in [5.74, 6) is -1.69. The van der Waals surface area contributed by atoms with Gasteiger partial charge in [0.25, 0.3) is 0 Å². The number of rotatable bonds is 6. The minimum absolute atomic E-state index is 0.0648. The topological polar surface area (TPSA) is 98.2 Å². The first-order valence-corrected chi connectivity index (χ1v) is 6.08. The first kappa shape index (κ1) is 15.1. The first-order valence-electron chi connectivity index (χ1n) is 6.08. The van der Waals surface area contributed by atoms with Crippen LogP contribution in [0.15, 0.2) is 18.2 Å². The second kappa shape index (κ2) is 6.84. The first-order chi connectivity index (χ1) is 8.93. The van der Waals surface area contributed by atoms with Gasteiger partial charge in [-0.2, -0.15) is 0 Å². The lowest BCUT2D eigenvalue weighted by molar-refractivity contribution is -0.116. The van der Waals surface area contributed by atoms with E-state index in [0.717, 1.165) is 18.9 Å². The van der Waals surface area contributed by atoms with Crippen LogP contribution < -0.4 is 16.8 Å². The van der Waals surface area contributed by atoms with Crippen molar-refractivity contribution in [2.45, 2.75) is 32.2 Å². The fraction of sp³-hybridized carbons (Fsp3) is 0.385. The molecule has 104 valence electrons. The largest absolute Gasteiger partial charge is 0.366 e. The number of nitrogens with two attached hydrogens (primary N) is 2. The molecule has 1 aromatic rings.